The van der Waals surface area contributed by atoms with Gasteiger partial charge in [0.05, 0.1) is 37.8 Å². The van der Waals surface area contributed by atoms with Crippen molar-refractivity contribution in [3.05, 3.63) is 34.6 Å². The summed E-state index contributed by atoms with van der Waals surface area (Å²) in [7, 11) is 3.42. The van der Waals surface area contributed by atoms with Crippen molar-refractivity contribution in [1.82, 2.24) is 0 Å². The molecule has 0 saturated carbocycles. The lowest BCUT2D eigenvalue weighted by molar-refractivity contribution is -0.657. The molecule has 1 aromatic rings. The summed E-state index contributed by atoms with van der Waals surface area (Å²) >= 11 is 0. The standard InChI is InChI=1S/C7HF5O2.C6H15NO2/c8-2-1(7(13)14)3(9)5(11)6(12)4(2)10;1-8-5-3-7-4-6-9-2/h(H,13,14);7H,3-6H2,1-2H3. The van der Waals surface area contributed by atoms with Crippen molar-refractivity contribution in [3.8, 4) is 0 Å². The van der Waals surface area contributed by atoms with Crippen LogP contribution in [0.15, 0.2) is 0 Å². The number of benzene rings is 1. The van der Waals surface area contributed by atoms with E-state index >= 15 is 0 Å². The van der Waals surface area contributed by atoms with E-state index in [-0.39, 0.29) is 0 Å². The third-order valence-corrected chi connectivity index (χ3v) is 2.47. The maximum atomic E-state index is 12.5. The molecule has 0 bridgehead atoms. The van der Waals surface area contributed by atoms with Crippen molar-refractivity contribution >= 4 is 5.97 Å². The van der Waals surface area contributed by atoms with Crippen molar-refractivity contribution in [2.24, 2.45) is 0 Å². The number of carbonyl (C=O) groups excluding carboxylic acids is 1. The zero-order valence-electron chi connectivity index (χ0n) is 12.4. The second-order valence-electron chi connectivity index (χ2n) is 4.08. The summed E-state index contributed by atoms with van der Waals surface area (Å²) in [5, 5.41) is 12.2. The van der Waals surface area contributed by atoms with Gasteiger partial charge < -0.3 is 24.7 Å². The van der Waals surface area contributed by atoms with Gasteiger partial charge in [0.1, 0.15) is 0 Å². The summed E-state index contributed by atoms with van der Waals surface area (Å²) < 4.78 is 71.7. The first-order chi connectivity index (χ1) is 10.8. The van der Waals surface area contributed by atoms with Gasteiger partial charge in [-0.2, -0.15) is 0 Å². The van der Waals surface area contributed by atoms with Gasteiger partial charge in [-0.15, -0.1) is 0 Å². The summed E-state index contributed by atoms with van der Waals surface area (Å²) in [5.74, 6) is -14.4. The van der Waals surface area contributed by atoms with Crippen molar-refractivity contribution in [2.75, 3.05) is 40.5 Å². The van der Waals surface area contributed by atoms with E-state index in [9.17, 15) is 31.9 Å². The van der Waals surface area contributed by atoms with Gasteiger partial charge in [-0.25, -0.2) is 22.0 Å². The number of rotatable bonds is 7. The van der Waals surface area contributed by atoms with E-state index < -0.39 is 40.6 Å². The number of carboxylic acids is 1. The van der Waals surface area contributed by atoms with Crippen LogP contribution in [-0.4, -0.2) is 46.5 Å². The lowest BCUT2D eigenvalue weighted by Gasteiger charge is -2.07. The molecule has 5 nitrogen and oxygen atoms in total. The molecule has 1 aromatic carbocycles. The van der Waals surface area contributed by atoms with E-state index in [1.807, 2.05) is 0 Å². The predicted octanol–water partition coefficient (Wildman–Crippen LogP) is -0.412. The van der Waals surface area contributed by atoms with Crippen LogP contribution >= 0.6 is 0 Å². The molecule has 23 heavy (non-hydrogen) atoms. The van der Waals surface area contributed by atoms with Crippen molar-refractivity contribution in [2.45, 2.75) is 0 Å². The minimum Gasteiger partial charge on any atom is -0.545 e. The summed E-state index contributed by atoms with van der Waals surface area (Å²) in [4.78, 5) is 10.0. The maximum Gasteiger partial charge on any atom is 0.200 e. The largest absolute Gasteiger partial charge is 0.545 e. The van der Waals surface area contributed by atoms with Crippen LogP contribution < -0.4 is 10.4 Å². The SMILES string of the molecule is COCC[NH2+]CCOC.O=C([O-])c1c(F)c(F)c(F)c(F)c1F. The van der Waals surface area contributed by atoms with Gasteiger partial charge in [-0.3, -0.25) is 0 Å². The molecule has 0 heterocycles. The molecule has 0 saturated heterocycles. The minimum absolute atomic E-state index is 0.823. The second kappa shape index (κ2) is 10.9. The number of carboxylic acid groups (broad SMARTS) is 1. The summed E-state index contributed by atoms with van der Waals surface area (Å²) in [6.07, 6.45) is 0. The van der Waals surface area contributed by atoms with E-state index in [0.29, 0.717) is 0 Å². The molecule has 0 aromatic heterocycles. The first-order valence-corrected chi connectivity index (χ1v) is 6.31. The highest BCUT2D eigenvalue weighted by molar-refractivity contribution is 5.86. The van der Waals surface area contributed by atoms with Crippen LogP contribution in [0.1, 0.15) is 10.4 Å². The van der Waals surface area contributed by atoms with Gasteiger partial charge in [-0.1, -0.05) is 0 Å². The Hall–Kier alpha value is -1.78. The van der Waals surface area contributed by atoms with E-state index in [0.717, 1.165) is 26.3 Å². The number of aromatic carboxylic acids is 1. The molecule has 0 aliphatic carbocycles. The molecule has 0 fully saturated rings. The molecule has 0 amide bonds. The third-order valence-electron chi connectivity index (χ3n) is 2.47. The maximum absolute atomic E-state index is 12.5. The zero-order chi connectivity index (χ0) is 18.0. The van der Waals surface area contributed by atoms with Crippen LogP contribution in [0.25, 0.3) is 0 Å². The molecular weight excluding hydrogens is 329 g/mol. The number of hydrogen-bond acceptors (Lipinski definition) is 4. The Morgan fingerprint density at radius 1 is 0.870 bits per heavy atom. The number of methoxy groups -OCH3 is 2. The van der Waals surface area contributed by atoms with E-state index in [2.05, 4.69) is 5.32 Å². The monoisotopic (exact) mass is 345 g/mol. The first kappa shape index (κ1) is 21.2. The molecule has 0 aliphatic heterocycles. The fourth-order valence-corrected chi connectivity index (χ4v) is 1.33. The number of ether oxygens (including phenoxy) is 2. The lowest BCUT2D eigenvalue weighted by atomic mass is 10.1. The third kappa shape index (κ3) is 6.47. The molecule has 1 rings (SSSR count). The van der Waals surface area contributed by atoms with E-state index in [1.165, 1.54) is 0 Å². The van der Waals surface area contributed by atoms with Gasteiger partial charge in [0, 0.05) is 14.2 Å². The predicted molar refractivity (Wildman–Crippen MR) is 66.0 cm³/mol. The van der Waals surface area contributed by atoms with Crippen molar-refractivity contribution < 1.29 is 46.6 Å². The molecular formula is C13H16F5NO4. The highest BCUT2D eigenvalue weighted by Gasteiger charge is 2.25. The van der Waals surface area contributed by atoms with Gasteiger partial charge >= 0.3 is 0 Å². The normalized spacial score (nSPS) is 10.2. The number of halogens is 5. The van der Waals surface area contributed by atoms with Crippen LogP contribution in [-0.2, 0) is 9.47 Å². The average Bonchev–Trinajstić information content (AvgIpc) is 2.51. The fraction of sp³-hybridized carbons (Fsp3) is 0.462. The van der Waals surface area contributed by atoms with Crippen LogP contribution in [0.5, 0.6) is 0 Å². The van der Waals surface area contributed by atoms with Gasteiger partial charge in [0.2, 0.25) is 5.82 Å². The lowest BCUT2D eigenvalue weighted by Crippen LogP contribution is -2.86. The zero-order valence-corrected chi connectivity index (χ0v) is 12.4. The summed E-state index contributed by atoms with van der Waals surface area (Å²) in [6.45, 7) is 3.70. The number of nitrogens with two attached hydrogens (primary N) is 1. The minimum atomic E-state index is -2.47. The molecule has 2 N–H and O–H groups in total. The molecule has 10 heteroatoms. The molecule has 0 radical (unpaired) electrons. The molecule has 0 spiro atoms. The van der Waals surface area contributed by atoms with Gasteiger partial charge in [0.25, 0.3) is 0 Å². The fourth-order valence-electron chi connectivity index (χ4n) is 1.33. The topological polar surface area (TPSA) is 75.2 Å². The van der Waals surface area contributed by atoms with Gasteiger partial charge in [-0.05, 0) is 0 Å². The molecule has 132 valence electrons. The highest BCUT2D eigenvalue weighted by Crippen LogP contribution is 2.22. The Bertz CT molecular complexity index is 493. The Labute approximate surface area is 129 Å². The van der Waals surface area contributed by atoms with Crippen LogP contribution in [0.4, 0.5) is 22.0 Å². The first-order valence-electron chi connectivity index (χ1n) is 6.31. The highest BCUT2D eigenvalue weighted by atomic mass is 19.2. The number of carbonyl (C=O) groups is 1. The van der Waals surface area contributed by atoms with Gasteiger partial charge in [0.15, 0.2) is 23.3 Å². The Morgan fingerprint density at radius 3 is 1.52 bits per heavy atom. The Kier molecular flexibility index (Phi) is 10.0. The summed E-state index contributed by atoms with van der Waals surface area (Å²) in [6, 6.07) is 0. The van der Waals surface area contributed by atoms with Crippen LogP contribution in [0, 0.1) is 29.1 Å². The van der Waals surface area contributed by atoms with E-state index in [4.69, 9.17) is 9.47 Å². The average molecular weight is 345 g/mol. The molecule has 0 atom stereocenters. The Morgan fingerprint density at radius 2 is 1.22 bits per heavy atom. The summed E-state index contributed by atoms with van der Waals surface area (Å²) in [5.41, 5.74) is -1.97. The number of hydrogen-bond donors (Lipinski definition) is 1. The molecule has 0 aliphatic rings. The quantitative estimate of drug-likeness (QED) is 0.316. The Balaban J connectivity index is 0.000000468. The van der Waals surface area contributed by atoms with Crippen molar-refractivity contribution in [1.29, 1.82) is 0 Å². The van der Waals surface area contributed by atoms with Crippen molar-refractivity contribution in [3.63, 3.8) is 0 Å². The molecule has 0 unspecified atom stereocenters. The second-order valence-corrected chi connectivity index (χ2v) is 4.08. The number of quaternary nitrogens is 1. The van der Waals surface area contributed by atoms with Crippen LogP contribution in [0.2, 0.25) is 0 Å². The smallest absolute Gasteiger partial charge is 0.200 e. The van der Waals surface area contributed by atoms with E-state index in [1.54, 1.807) is 14.2 Å². The van der Waals surface area contributed by atoms with Crippen LogP contribution in [0.3, 0.4) is 0 Å².